The van der Waals surface area contributed by atoms with Crippen LogP contribution in [0.3, 0.4) is 0 Å². The Labute approximate surface area is 178 Å². The van der Waals surface area contributed by atoms with Crippen LogP contribution in [-0.4, -0.2) is 37.4 Å². The molecule has 5 rings (SSSR count). The van der Waals surface area contributed by atoms with Gasteiger partial charge in [0.05, 0.1) is 18.2 Å². The molecule has 2 aromatic heterocycles. The summed E-state index contributed by atoms with van der Waals surface area (Å²) in [5.74, 6) is -0.451. The van der Waals surface area contributed by atoms with Crippen LogP contribution >= 0.6 is 0 Å². The zero-order chi connectivity index (χ0) is 22.5. The number of rotatable bonds is 5. The smallest absolute Gasteiger partial charge is 0.351 e. The number of alkyl halides is 3. The molecule has 1 aromatic carbocycles. The molecular weight excluding hydrogens is 427 g/mol. The average Bonchev–Trinajstić information content (AvgIpc) is 3.36. The summed E-state index contributed by atoms with van der Waals surface area (Å²) in [5, 5.41) is 12.5. The van der Waals surface area contributed by atoms with Gasteiger partial charge in [0.25, 0.3) is 5.91 Å². The molecule has 1 saturated heterocycles. The highest BCUT2D eigenvalue weighted by atomic mass is 19.4. The Kier molecular flexibility index (Phi) is 4.57. The maximum absolute atomic E-state index is 13.0. The van der Waals surface area contributed by atoms with E-state index < -0.39 is 23.6 Å². The highest BCUT2D eigenvalue weighted by Gasteiger charge is 2.30. The molecule has 32 heavy (non-hydrogen) atoms. The molecule has 2 fully saturated rings. The number of anilines is 3. The summed E-state index contributed by atoms with van der Waals surface area (Å²) < 4.78 is 40.6. The van der Waals surface area contributed by atoms with Crippen LogP contribution in [0.1, 0.15) is 30.4 Å². The first-order chi connectivity index (χ1) is 15.3. The Bertz CT molecular complexity index is 1280. The Hall–Kier alpha value is -3.96. The van der Waals surface area contributed by atoms with Gasteiger partial charge in [-0.05, 0) is 37.1 Å². The number of amides is 2. The number of hydrogen-bond donors (Lipinski definition) is 3. The highest BCUT2D eigenvalue weighted by molar-refractivity contribution is 6.15. The van der Waals surface area contributed by atoms with E-state index in [0.717, 1.165) is 25.0 Å². The van der Waals surface area contributed by atoms with Crippen LogP contribution in [0, 0.1) is 0 Å². The Morgan fingerprint density at radius 3 is 2.69 bits per heavy atom. The summed E-state index contributed by atoms with van der Waals surface area (Å²) >= 11 is 0. The molecule has 12 heteroatoms. The van der Waals surface area contributed by atoms with Gasteiger partial charge < -0.3 is 10.6 Å². The van der Waals surface area contributed by atoms with Gasteiger partial charge in [0, 0.05) is 22.9 Å². The number of nitrogens with zero attached hydrogens (tertiary/aromatic N) is 4. The van der Waals surface area contributed by atoms with Gasteiger partial charge in [-0.1, -0.05) is 6.07 Å². The Morgan fingerprint density at radius 2 is 2.00 bits per heavy atom. The van der Waals surface area contributed by atoms with Gasteiger partial charge in [-0.15, -0.1) is 0 Å². The fourth-order valence-electron chi connectivity index (χ4n) is 3.27. The predicted octanol–water partition coefficient (Wildman–Crippen LogP) is 2.89. The fourth-order valence-corrected chi connectivity index (χ4v) is 3.27. The predicted molar refractivity (Wildman–Crippen MR) is 108 cm³/mol. The summed E-state index contributed by atoms with van der Waals surface area (Å²) in [6.45, 7) is 0. The van der Waals surface area contributed by atoms with E-state index in [4.69, 9.17) is 0 Å². The van der Waals surface area contributed by atoms with Crippen molar-refractivity contribution in [1.82, 2.24) is 24.9 Å². The van der Waals surface area contributed by atoms with Crippen LogP contribution in [0.4, 0.5) is 30.8 Å². The molecule has 0 atom stereocenters. The Morgan fingerprint density at radius 1 is 1.19 bits per heavy atom. The molecule has 9 nitrogen and oxygen atoms in total. The first-order valence-electron chi connectivity index (χ1n) is 9.77. The third-order valence-corrected chi connectivity index (χ3v) is 4.98. The van der Waals surface area contributed by atoms with E-state index in [0.29, 0.717) is 17.2 Å². The van der Waals surface area contributed by atoms with E-state index in [1.54, 1.807) is 0 Å². The van der Waals surface area contributed by atoms with Crippen LogP contribution in [-0.2, 0) is 15.8 Å². The van der Waals surface area contributed by atoms with Crippen LogP contribution in [0.25, 0.3) is 11.7 Å². The number of fused-ring (bicyclic) bond motifs is 1. The van der Waals surface area contributed by atoms with Crippen molar-refractivity contribution in [3.05, 3.63) is 47.2 Å². The molecule has 0 spiro atoms. The van der Waals surface area contributed by atoms with Gasteiger partial charge in [0.1, 0.15) is 0 Å². The first-order valence-corrected chi connectivity index (χ1v) is 9.77. The molecule has 1 aliphatic heterocycles. The third-order valence-electron chi connectivity index (χ3n) is 4.98. The van der Waals surface area contributed by atoms with Crippen molar-refractivity contribution in [1.29, 1.82) is 0 Å². The molecule has 3 heterocycles. The average molecular weight is 443 g/mol. The number of carbonyl (C=O) groups excluding carboxylic acids is 2. The number of hydrogen-bond acceptors (Lipinski definition) is 7. The maximum Gasteiger partial charge on any atom is 0.416 e. The number of nitrogens with one attached hydrogen (secondary N) is 3. The minimum absolute atomic E-state index is 0.0518. The van der Waals surface area contributed by atoms with Crippen molar-refractivity contribution >= 4 is 41.1 Å². The molecular formula is C20H16F3N7O2. The van der Waals surface area contributed by atoms with E-state index in [2.05, 4.69) is 31.0 Å². The summed E-state index contributed by atoms with van der Waals surface area (Å²) in [5.41, 5.74) is 0.441. The molecule has 0 radical (unpaired) electrons. The van der Waals surface area contributed by atoms with E-state index in [1.165, 1.54) is 28.9 Å². The molecule has 0 unspecified atom stereocenters. The minimum atomic E-state index is -4.48. The van der Waals surface area contributed by atoms with Gasteiger partial charge in [-0.3, -0.25) is 14.9 Å². The maximum atomic E-state index is 13.0. The van der Waals surface area contributed by atoms with E-state index >= 15 is 0 Å². The van der Waals surface area contributed by atoms with Crippen LogP contribution in [0.15, 0.2) is 36.0 Å². The summed E-state index contributed by atoms with van der Waals surface area (Å²) in [6.07, 6.45) is 0.392. The number of benzene rings is 1. The minimum Gasteiger partial charge on any atom is -0.351 e. The topological polar surface area (TPSA) is 113 Å². The second kappa shape index (κ2) is 7.32. The summed E-state index contributed by atoms with van der Waals surface area (Å²) in [4.78, 5) is 32.2. The quantitative estimate of drug-likeness (QED) is 0.411. The van der Waals surface area contributed by atoms with Gasteiger partial charge in [-0.2, -0.15) is 32.8 Å². The largest absolute Gasteiger partial charge is 0.416 e. The van der Waals surface area contributed by atoms with Crippen molar-refractivity contribution in [2.24, 2.45) is 0 Å². The van der Waals surface area contributed by atoms with Crippen molar-refractivity contribution < 1.29 is 22.8 Å². The van der Waals surface area contributed by atoms with Gasteiger partial charge in [0.2, 0.25) is 17.8 Å². The van der Waals surface area contributed by atoms with E-state index in [9.17, 15) is 22.8 Å². The standard InChI is InChI=1S/C20H16F3N7O2/c21-20(22,23)12-2-1-3-14(8-12)25-18-28-16-11(6-10-7-15(31)27-17(10)32)9-24-30(16)19(29-18)26-13-4-5-13/h1-3,6,8-9,13H,4-5,7H2,(H,27,31,32)(H2,25,26,28,29)/b10-6+. The zero-order valence-corrected chi connectivity index (χ0v) is 16.4. The lowest BCUT2D eigenvalue weighted by atomic mass is 10.1. The lowest BCUT2D eigenvalue weighted by Crippen LogP contribution is -2.19. The van der Waals surface area contributed by atoms with Crippen molar-refractivity contribution in [2.45, 2.75) is 31.5 Å². The highest BCUT2D eigenvalue weighted by Crippen LogP contribution is 2.32. The number of carbonyl (C=O) groups is 2. The second-order valence-electron chi connectivity index (χ2n) is 7.55. The molecule has 1 aliphatic carbocycles. The van der Waals surface area contributed by atoms with Crippen molar-refractivity contribution in [3.8, 4) is 0 Å². The number of halogens is 3. The van der Waals surface area contributed by atoms with Gasteiger partial charge in [-0.25, -0.2) is 0 Å². The Balaban J connectivity index is 1.55. The lowest BCUT2D eigenvalue weighted by molar-refractivity contribution is -0.137. The molecule has 3 N–H and O–H groups in total. The van der Waals surface area contributed by atoms with E-state index in [-0.39, 0.29) is 29.7 Å². The second-order valence-corrected chi connectivity index (χ2v) is 7.55. The van der Waals surface area contributed by atoms with Gasteiger partial charge in [0.15, 0.2) is 5.65 Å². The van der Waals surface area contributed by atoms with Crippen LogP contribution in [0.5, 0.6) is 0 Å². The molecule has 1 saturated carbocycles. The molecule has 3 aromatic rings. The zero-order valence-electron chi connectivity index (χ0n) is 16.4. The third kappa shape index (κ3) is 3.98. The first kappa shape index (κ1) is 20.0. The molecule has 2 aliphatic rings. The number of imide groups is 1. The lowest BCUT2D eigenvalue weighted by Gasteiger charge is -2.12. The molecule has 164 valence electrons. The van der Waals surface area contributed by atoms with Crippen molar-refractivity contribution in [3.63, 3.8) is 0 Å². The molecule has 2 amide bonds. The summed E-state index contributed by atoms with van der Waals surface area (Å²) in [7, 11) is 0. The number of aromatic nitrogens is 4. The summed E-state index contributed by atoms with van der Waals surface area (Å²) in [6, 6.07) is 4.93. The van der Waals surface area contributed by atoms with E-state index in [1.807, 2.05) is 0 Å². The normalized spacial score (nSPS) is 17.8. The SMILES string of the molecule is O=C1C/C(=C\c2cnn3c(NC4CC4)nc(Nc4cccc(C(F)(F)F)c4)nc23)C(=O)N1. The van der Waals surface area contributed by atoms with Crippen molar-refractivity contribution in [2.75, 3.05) is 10.6 Å². The monoisotopic (exact) mass is 443 g/mol. The van der Waals surface area contributed by atoms with Crippen LogP contribution in [0.2, 0.25) is 0 Å². The van der Waals surface area contributed by atoms with Crippen LogP contribution < -0.4 is 16.0 Å². The fraction of sp³-hybridized carbons (Fsp3) is 0.250. The van der Waals surface area contributed by atoms with Gasteiger partial charge >= 0.3 is 6.18 Å². The molecule has 0 bridgehead atoms.